The lowest BCUT2D eigenvalue weighted by Gasteiger charge is -2.37. The average molecular weight is 427 g/mol. The minimum atomic E-state index is -3.35. The van der Waals surface area contributed by atoms with Gasteiger partial charge in [0.05, 0.1) is 18.5 Å². The molecule has 30 heavy (non-hydrogen) atoms. The predicted molar refractivity (Wildman–Crippen MR) is 116 cm³/mol. The molecule has 1 aliphatic carbocycles. The topological polar surface area (TPSA) is 83.6 Å². The lowest BCUT2D eigenvalue weighted by Crippen LogP contribution is -2.42. The van der Waals surface area contributed by atoms with Crippen LogP contribution in [0.15, 0.2) is 54.6 Å². The molecule has 1 saturated carbocycles. The number of anilines is 1. The molecule has 4 rings (SSSR count). The molecule has 0 unspecified atom stereocenters. The number of Topliss-reactive ketones (excluding diaryl/α,β-unsaturated/α-hetero) is 1. The standard InChI is InChI=1S/C23H26N2O4S/c1-30(28,29)25-16-23(19-9-5-6-10-20(19)25)13-11-18(12-14-23)22(27)24-15-21(26)17-7-3-2-4-8-17/h2-10,18H,11-16H2,1H3,(H,24,27). The quantitative estimate of drug-likeness (QED) is 0.745. The van der Waals surface area contributed by atoms with E-state index in [9.17, 15) is 18.0 Å². The second-order valence-electron chi connectivity index (χ2n) is 8.35. The van der Waals surface area contributed by atoms with Crippen molar-refractivity contribution in [1.29, 1.82) is 0 Å². The predicted octanol–water partition coefficient (Wildman–Crippen LogP) is 2.89. The number of sulfonamides is 1. The summed E-state index contributed by atoms with van der Waals surface area (Å²) in [6.07, 6.45) is 4.10. The number of benzene rings is 2. The smallest absolute Gasteiger partial charge is 0.232 e. The van der Waals surface area contributed by atoms with E-state index in [0.29, 0.717) is 24.9 Å². The van der Waals surface area contributed by atoms with Crippen molar-refractivity contribution in [3.8, 4) is 0 Å². The van der Waals surface area contributed by atoms with Crippen molar-refractivity contribution < 1.29 is 18.0 Å². The Kier molecular flexibility index (Phi) is 5.40. The highest BCUT2D eigenvalue weighted by molar-refractivity contribution is 7.92. The molecule has 2 aromatic carbocycles. The maximum absolute atomic E-state index is 12.6. The summed E-state index contributed by atoms with van der Waals surface area (Å²) in [6.45, 7) is 0.432. The fraction of sp³-hybridized carbons (Fsp3) is 0.391. The molecule has 1 heterocycles. The first kappa shape index (κ1) is 20.6. The van der Waals surface area contributed by atoms with Gasteiger partial charge in [-0.15, -0.1) is 0 Å². The molecule has 1 spiro atoms. The molecule has 7 heteroatoms. The van der Waals surface area contributed by atoms with E-state index in [-0.39, 0.29) is 29.6 Å². The van der Waals surface area contributed by atoms with E-state index >= 15 is 0 Å². The van der Waals surface area contributed by atoms with Gasteiger partial charge in [-0.2, -0.15) is 0 Å². The lowest BCUT2D eigenvalue weighted by atomic mass is 9.67. The lowest BCUT2D eigenvalue weighted by molar-refractivity contribution is -0.126. The largest absolute Gasteiger partial charge is 0.348 e. The van der Waals surface area contributed by atoms with Crippen molar-refractivity contribution in [3.63, 3.8) is 0 Å². The van der Waals surface area contributed by atoms with Gasteiger partial charge in [0.1, 0.15) is 0 Å². The van der Waals surface area contributed by atoms with E-state index in [1.165, 1.54) is 10.6 Å². The van der Waals surface area contributed by atoms with Gasteiger partial charge >= 0.3 is 0 Å². The van der Waals surface area contributed by atoms with Crippen LogP contribution < -0.4 is 9.62 Å². The highest BCUT2D eigenvalue weighted by Crippen LogP contribution is 2.50. The zero-order chi connectivity index (χ0) is 21.4. The number of fused-ring (bicyclic) bond motifs is 2. The van der Waals surface area contributed by atoms with Gasteiger partial charge in [-0.25, -0.2) is 8.42 Å². The van der Waals surface area contributed by atoms with Crippen LogP contribution in [0.4, 0.5) is 5.69 Å². The van der Waals surface area contributed by atoms with E-state index in [1.54, 1.807) is 24.3 Å². The van der Waals surface area contributed by atoms with E-state index in [4.69, 9.17) is 0 Å². The van der Waals surface area contributed by atoms with Gasteiger partial charge in [-0.05, 0) is 37.3 Å². The average Bonchev–Trinajstić information content (AvgIpc) is 3.08. The SMILES string of the molecule is CS(=O)(=O)N1CC2(CCC(C(=O)NCC(=O)c3ccccc3)CC2)c2ccccc21. The molecule has 0 bridgehead atoms. The van der Waals surface area contributed by atoms with Crippen molar-refractivity contribution >= 4 is 27.4 Å². The summed E-state index contributed by atoms with van der Waals surface area (Å²) >= 11 is 0. The van der Waals surface area contributed by atoms with Crippen LogP contribution in [0, 0.1) is 5.92 Å². The van der Waals surface area contributed by atoms with E-state index < -0.39 is 10.0 Å². The Balaban J connectivity index is 1.40. The zero-order valence-corrected chi connectivity index (χ0v) is 17.8. The molecule has 2 aliphatic rings. The Hall–Kier alpha value is -2.67. The van der Waals surface area contributed by atoms with Crippen LogP contribution in [0.25, 0.3) is 0 Å². The van der Waals surface area contributed by atoms with Crippen LogP contribution in [0.1, 0.15) is 41.6 Å². The fourth-order valence-electron chi connectivity index (χ4n) is 4.78. The molecule has 1 aliphatic heterocycles. The molecule has 158 valence electrons. The maximum atomic E-state index is 12.6. The summed E-state index contributed by atoms with van der Waals surface area (Å²) in [6, 6.07) is 16.6. The number of rotatable bonds is 5. The summed E-state index contributed by atoms with van der Waals surface area (Å²) in [5.74, 6) is -0.358. The molecule has 0 radical (unpaired) electrons. The molecule has 6 nitrogen and oxygen atoms in total. The molecular weight excluding hydrogens is 400 g/mol. The summed E-state index contributed by atoms with van der Waals surface area (Å²) in [4.78, 5) is 24.9. The maximum Gasteiger partial charge on any atom is 0.232 e. The number of carbonyl (C=O) groups excluding carboxylic acids is 2. The number of ketones is 1. The molecule has 0 aromatic heterocycles. The van der Waals surface area contributed by atoms with Crippen molar-refractivity contribution in [2.45, 2.75) is 31.1 Å². The molecule has 2 aromatic rings. The van der Waals surface area contributed by atoms with Gasteiger partial charge < -0.3 is 5.32 Å². The second kappa shape index (κ2) is 7.87. The van der Waals surface area contributed by atoms with Crippen LogP contribution in [-0.4, -0.2) is 39.5 Å². The van der Waals surface area contributed by atoms with Gasteiger partial charge in [0.2, 0.25) is 15.9 Å². The number of nitrogens with one attached hydrogen (secondary N) is 1. The Morgan fingerprint density at radius 3 is 2.33 bits per heavy atom. The molecule has 1 amide bonds. The normalized spacial score (nSPS) is 23.2. The Labute approximate surface area is 177 Å². The van der Waals surface area contributed by atoms with Crippen molar-refractivity contribution in [3.05, 3.63) is 65.7 Å². The first-order valence-electron chi connectivity index (χ1n) is 10.2. The summed E-state index contributed by atoms with van der Waals surface area (Å²) in [5, 5.41) is 2.79. The monoisotopic (exact) mass is 426 g/mol. The number of hydrogen-bond acceptors (Lipinski definition) is 4. The van der Waals surface area contributed by atoms with Crippen molar-refractivity contribution in [1.82, 2.24) is 5.32 Å². The second-order valence-corrected chi connectivity index (χ2v) is 10.3. The van der Waals surface area contributed by atoms with Crippen LogP contribution in [0.2, 0.25) is 0 Å². The summed E-state index contributed by atoms with van der Waals surface area (Å²) in [5.41, 5.74) is 2.17. The van der Waals surface area contributed by atoms with Crippen LogP contribution in [0.5, 0.6) is 0 Å². The van der Waals surface area contributed by atoms with Gasteiger partial charge in [0.15, 0.2) is 5.78 Å². The zero-order valence-electron chi connectivity index (χ0n) is 17.0. The number of hydrogen-bond donors (Lipinski definition) is 1. The molecular formula is C23H26N2O4S. The minimum Gasteiger partial charge on any atom is -0.348 e. The Morgan fingerprint density at radius 1 is 1.03 bits per heavy atom. The first-order valence-corrected chi connectivity index (χ1v) is 12.1. The highest BCUT2D eigenvalue weighted by atomic mass is 32.2. The number of carbonyl (C=O) groups is 2. The summed E-state index contributed by atoms with van der Waals surface area (Å²) < 4.78 is 26.1. The molecule has 0 saturated heterocycles. The van der Waals surface area contributed by atoms with Gasteiger partial charge in [0, 0.05) is 23.4 Å². The Bertz CT molecular complexity index is 1060. The van der Waals surface area contributed by atoms with Crippen LogP contribution in [0.3, 0.4) is 0 Å². The van der Waals surface area contributed by atoms with E-state index in [0.717, 1.165) is 24.1 Å². The Morgan fingerprint density at radius 2 is 1.67 bits per heavy atom. The third-order valence-electron chi connectivity index (χ3n) is 6.42. The molecule has 1 fully saturated rings. The van der Waals surface area contributed by atoms with E-state index in [2.05, 4.69) is 5.32 Å². The highest BCUT2D eigenvalue weighted by Gasteiger charge is 2.47. The van der Waals surface area contributed by atoms with Crippen LogP contribution in [-0.2, 0) is 20.2 Å². The van der Waals surface area contributed by atoms with Gasteiger partial charge in [0.25, 0.3) is 0 Å². The fourth-order valence-corrected chi connectivity index (χ4v) is 5.78. The van der Waals surface area contributed by atoms with Gasteiger partial charge in [-0.3, -0.25) is 13.9 Å². The molecule has 1 N–H and O–H groups in total. The summed E-state index contributed by atoms with van der Waals surface area (Å²) in [7, 11) is -3.35. The molecule has 0 atom stereocenters. The van der Waals surface area contributed by atoms with Crippen molar-refractivity contribution in [2.75, 3.05) is 23.7 Å². The minimum absolute atomic E-state index is 0.00478. The van der Waals surface area contributed by atoms with E-state index in [1.807, 2.05) is 30.3 Å². The third-order valence-corrected chi connectivity index (χ3v) is 7.55. The number of nitrogens with zero attached hydrogens (tertiary/aromatic N) is 1. The van der Waals surface area contributed by atoms with Crippen molar-refractivity contribution in [2.24, 2.45) is 5.92 Å². The number of para-hydroxylation sites is 1. The first-order chi connectivity index (χ1) is 14.3. The van der Waals surface area contributed by atoms with Crippen LogP contribution >= 0.6 is 0 Å². The number of amides is 1. The van der Waals surface area contributed by atoms with Gasteiger partial charge in [-0.1, -0.05) is 48.5 Å². The third kappa shape index (κ3) is 3.86.